The standard InChI is InChI=1S/C19H32N2O2S/c1-13-10-15(19(3,4)5)11-14(2)16(13)12-24(22,23)21-18-9-7-6-8-17(18)20/h10-11,17-18,21H,6-9,12,20H2,1-5H3. The average molecular weight is 353 g/mol. The third-order valence-electron chi connectivity index (χ3n) is 5.05. The van der Waals surface area contributed by atoms with Gasteiger partial charge in [0.2, 0.25) is 10.0 Å². The Balaban J connectivity index is 2.20. The lowest BCUT2D eigenvalue weighted by atomic mass is 9.84. The minimum absolute atomic E-state index is 0.0261. The van der Waals surface area contributed by atoms with E-state index in [-0.39, 0.29) is 23.3 Å². The second kappa shape index (κ2) is 7.14. The van der Waals surface area contributed by atoms with Crippen LogP contribution in [-0.2, 0) is 21.2 Å². The van der Waals surface area contributed by atoms with Gasteiger partial charge in [0.05, 0.1) is 5.75 Å². The highest BCUT2D eigenvalue weighted by molar-refractivity contribution is 7.88. The van der Waals surface area contributed by atoms with Gasteiger partial charge in [0.1, 0.15) is 0 Å². The van der Waals surface area contributed by atoms with Gasteiger partial charge >= 0.3 is 0 Å². The summed E-state index contributed by atoms with van der Waals surface area (Å²) in [7, 11) is -3.39. The van der Waals surface area contributed by atoms with Crippen molar-refractivity contribution in [2.75, 3.05) is 0 Å². The maximum absolute atomic E-state index is 12.6. The number of hydrogen-bond acceptors (Lipinski definition) is 3. The van der Waals surface area contributed by atoms with Crippen LogP contribution in [0.5, 0.6) is 0 Å². The predicted octanol–water partition coefficient (Wildman–Crippen LogP) is 3.29. The lowest BCUT2D eigenvalue weighted by molar-refractivity contribution is 0.361. The number of nitrogens with two attached hydrogens (primary N) is 1. The molecule has 2 rings (SSSR count). The molecule has 0 heterocycles. The molecule has 1 saturated carbocycles. The van der Waals surface area contributed by atoms with Gasteiger partial charge in [-0.2, -0.15) is 0 Å². The molecule has 136 valence electrons. The third kappa shape index (κ3) is 4.80. The molecule has 2 unspecified atom stereocenters. The van der Waals surface area contributed by atoms with Gasteiger partial charge in [0, 0.05) is 12.1 Å². The Hall–Kier alpha value is -0.910. The van der Waals surface area contributed by atoms with Gasteiger partial charge in [-0.25, -0.2) is 13.1 Å². The van der Waals surface area contributed by atoms with E-state index >= 15 is 0 Å². The van der Waals surface area contributed by atoms with Gasteiger partial charge < -0.3 is 5.73 Å². The maximum atomic E-state index is 12.6. The molecule has 1 fully saturated rings. The highest BCUT2D eigenvalue weighted by Crippen LogP contribution is 2.28. The topological polar surface area (TPSA) is 72.2 Å². The summed E-state index contributed by atoms with van der Waals surface area (Å²) in [6.45, 7) is 10.5. The summed E-state index contributed by atoms with van der Waals surface area (Å²) >= 11 is 0. The van der Waals surface area contributed by atoms with Crippen molar-refractivity contribution in [3.05, 3.63) is 34.4 Å². The van der Waals surface area contributed by atoms with Crippen molar-refractivity contribution >= 4 is 10.0 Å². The Kier molecular flexibility index (Phi) is 5.78. The molecule has 3 N–H and O–H groups in total. The van der Waals surface area contributed by atoms with Crippen LogP contribution in [0.1, 0.15) is 68.7 Å². The maximum Gasteiger partial charge on any atom is 0.216 e. The van der Waals surface area contributed by atoms with Crippen LogP contribution in [0, 0.1) is 13.8 Å². The molecule has 0 saturated heterocycles. The monoisotopic (exact) mass is 352 g/mol. The van der Waals surface area contributed by atoms with E-state index in [1.165, 1.54) is 5.56 Å². The smallest absolute Gasteiger partial charge is 0.216 e. The second-order valence-corrected chi connectivity index (χ2v) is 10.0. The van der Waals surface area contributed by atoms with Crippen LogP contribution in [0.25, 0.3) is 0 Å². The van der Waals surface area contributed by atoms with E-state index in [9.17, 15) is 8.42 Å². The third-order valence-corrected chi connectivity index (χ3v) is 6.38. The Morgan fingerprint density at radius 1 is 1.12 bits per heavy atom. The minimum Gasteiger partial charge on any atom is -0.326 e. The van der Waals surface area contributed by atoms with Crippen molar-refractivity contribution in [1.82, 2.24) is 4.72 Å². The molecule has 1 aliphatic rings. The first-order valence-corrected chi connectivity index (χ1v) is 10.5. The number of nitrogens with one attached hydrogen (secondary N) is 1. The number of rotatable bonds is 4. The van der Waals surface area contributed by atoms with Gasteiger partial charge in [0.25, 0.3) is 0 Å². The van der Waals surface area contributed by atoms with E-state index in [1.54, 1.807) is 0 Å². The molecular weight excluding hydrogens is 320 g/mol. The van der Waals surface area contributed by atoms with Gasteiger partial charge in [-0.15, -0.1) is 0 Å². The molecule has 0 aliphatic heterocycles. The van der Waals surface area contributed by atoms with E-state index in [4.69, 9.17) is 5.73 Å². The summed E-state index contributed by atoms with van der Waals surface area (Å²) in [4.78, 5) is 0. The molecule has 0 spiro atoms. The molecule has 1 aliphatic carbocycles. The molecular formula is C19H32N2O2S. The highest BCUT2D eigenvalue weighted by Gasteiger charge is 2.27. The van der Waals surface area contributed by atoms with Crippen molar-refractivity contribution in [2.45, 2.75) is 83.6 Å². The molecule has 1 aromatic rings. The molecule has 2 atom stereocenters. The Morgan fingerprint density at radius 3 is 2.17 bits per heavy atom. The molecule has 0 aromatic heterocycles. The summed E-state index contributed by atoms with van der Waals surface area (Å²) in [6, 6.07) is 4.03. The average Bonchev–Trinajstić information content (AvgIpc) is 2.44. The fourth-order valence-electron chi connectivity index (χ4n) is 3.42. The first kappa shape index (κ1) is 19.4. The first-order valence-electron chi connectivity index (χ1n) is 8.86. The number of benzene rings is 1. The lowest BCUT2D eigenvalue weighted by Gasteiger charge is -2.29. The molecule has 5 heteroatoms. The molecule has 0 radical (unpaired) electrons. The van der Waals surface area contributed by atoms with Crippen LogP contribution < -0.4 is 10.5 Å². The van der Waals surface area contributed by atoms with Gasteiger partial charge in [0.15, 0.2) is 0 Å². The number of hydrogen-bond donors (Lipinski definition) is 2. The number of aryl methyl sites for hydroxylation is 2. The van der Waals surface area contributed by atoms with Crippen molar-refractivity contribution < 1.29 is 8.42 Å². The minimum atomic E-state index is -3.39. The van der Waals surface area contributed by atoms with Gasteiger partial charge in [-0.05, 0) is 54.4 Å². The summed E-state index contributed by atoms with van der Waals surface area (Å²) < 4.78 is 28.1. The summed E-state index contributed by atoms with van der Waals surface area (Å²) in [5.74, 6) is 0.0261. The van der Waals surface area contributed by atoms with Crippen molar-refractivity contribution in [3.8, 4) is 0 Å². The largest absolute Gasteiger partial charge is 0.326 e. The Bertz CT molecular complexity index is 667. The predicted molar refractivity (Wildman–Crippen MR) is 101 cm³/mol. The van der Waals surface area contributed by atoms with Crippen LogP contribution >= 0.6 is 0 Å². The van der Waals surface area contributed by atoms with Crippen LogP contribution in [0.4, 0.5) is 0 Å². The van der Waals surface area contributed by atoms with Crippen molar-refractivity contribution in [2.24, 2.45) is 5.73 Å². The van der Waals surface area contributed by atoms with E-state index in [2.05, 4.69) is 37.6 Å². The summed E-state index contributed by atoms with van der Waals surface area (Å²) in [5.41, 5.74) is 10.4. The molecule has 4 nitrogen and oxygen atoms in total. The first-order chi connectivity index (χ1) is 11.0. The Labute approximate surface area is 147 Å². The van der Waals surface area contributed by atoms with Crippen LogP contribution in [0.15, 0.2) is 12.1 Å². The SMILES string of the molecule is Cc1cc(C(C)(C)C)cc(C)c1CS(=O)(=O)NC1CCCCC1N. The summed E-state index contributed by atoms with van der Waals surface area (Å²) in [5, 5.41) is 0. The van der Waals surface area contributed by atoms with Crippen molar-refractivity contribution in [3.63, 3.8) is 0 Å². The van der Waals surface area contributed by atoms with E-state index in [1.807, 2.05) is 13.8 Å². The van der Waals surface area contributed by atoms with E-state index in [0.717, 1.165) is 42.4 Å². The van der Waals surface area contributed by atoms with Crippen LogP contribution in [-0.4, -0.2) is 20.5 Å². The van der Waals surface area contributed by atoms with Gasteiger partial charge in [-0.3, -0.25) is 0 Å². The molecule has 0 amide bonds. The highest BCUT2D eigenvalue weighted by atomic mass is 32.2. The normalized spacial score (nSPS) is 22.6. The van der Waals surface area contributed by atoms with Crippen molar-refractivity contribution in [1.29, 1.82) is 0 Å². The fraction of sp³-hybridized carbons (Fsp3) is 0.684. The lowest BCUT2D eigenvalue weighted by Crippen LogP contribution is -2.49. The zero-order valence-corrected chi connectivity index (χ0v) is 16.5. The fourth-order valence-corrected chi connectivity index (χ4v) is 5.09. The quantitative estimate of drug-likeness (QED) is 0.873. The molecule has 24 heavy (non-hydrogen) atoms. The Morgan fingerprint density at radius 2 is 1.67 bits per heavy atom. The molecule has 1 aromatic carbocycles. The van der Waals surface area contributed by atoms with Gasteiger partial charge in [-0.1, -0.05) is 45.7 Å². The number of sulfonamides is 1. The zero-order chi connectivity index (χ0) is 18.1. The van der Waals surface area contributed by atoms with Crippen LogP contribution in [0.2, 0.25) is 0 Å². The molecule has 0 bridgehead atoms. The van der Waals surface area contributed by atoms with E-state index < -0.39 is 10.0 Å². The summed E-state index contributed by atoms with van der Waals surface area (Å²) in [6.07, 6.45) is 3.86. The van der Waals surface area contributed by atoms with Crippen LogP contribution in [0.3, 0.4) is 0 Å². The second-order valence-electron chi connectivity index (χ2n) is 8.27. The van der Waals surface area contributed by atoms with E-state index in [0.29, 0.717) is 0 Å². The zero-order valence-electron chi connectivity index (χ0n) is 15.6.